The maximum absolute atomic E-state index is 12.7. The quantitative estimate of drug-likeness (QED) is 0.602. The maximum atomic E-state index is 12.7. The molecule has 0 spiro atoms. The fraction of sp³-hybridized carbons (Fsp3) is 0.300. The molecular formula is C20H21N3O6S2. The van der Waals surface area contributed by atoms with Crippen molar-refractivity contribution in [1.29, 1.82) is 0 Å². The smallest absolute Gasteiger partial charge is 0.308 e. The molecule has 31 heavy (non-hydrogen) atoms. The lowest BCUT2D eigenvalue weighted by atomic mass is 10.2. The number of carbonyl (C=O) groups is 1. The zero-order chi connectivity index (χ0) is 22.3. The van der Waals surface area contributed by atoms with Gasteiger partial charge in [0.2, 0.25) is 22.7 Å². The van der Waals surface area contributed by atoms with Crippen molar-refractivity contribution in [2.45, 2.75) is 19.9 Å². The van der Waals surface area contributed by atoms with Crippen molar-refractivity contribution in [3.05, 3.63) is 46.1 Å². The Balaban J connectivity index is 1.56. The Kier molecular flexibility index (Phi) is 5.40. The minimum Gasteiger partial charge on any atom is -0.454 e. The first kappa shape index (κ1) is 21.2. The lowest BCUT2D eigenvalue weighted by Crippen LogP contribution is -2.37. The van der Waals surface area contributed by atoms with Crippen LogP contribution in [0.1, 0.15) is 19.9 Å². The van der Waals surface area contributed by atoms with E-state index in [4.69, 9.17) is 9.47 Å². The molecule has 0 fully saturated rings. The zero-order valence-corrected chi connectivity index (χ0v) is 18.7. The number of amides is 1. The number of fused-ring (bicyclic) bond motifs is 2. The monoisotopic (exact) mass is 463 g/mol. The van der Waals surface area contributed by atoms with Gasteiger partial charge in [-0.05, 0) is 44.2 Å². The average Bonchev–Trinajstić information content (AvgIpc) is 3.27. The molecule has 2 aromatic carbocycles. The van der Waals surface area contributed by atoms with Gasteiger partial charge in [-0.1, -0.05) is 11.3 Å². The predicted octanol–water partition coefficient (Wildman–Crippen LogP) is 2.78. The molecule has 4 rings (SSSR count). The van der Waals surface area contributed by atoms with Gasteiger partial charge < -0.3 is 14.8 Å². The van der Waals surface area contributed by atoms with Crippen molar-refractivity contribution in [1.82, 2.24) is 4.57 Å². The summed E-state index contributed by atoms with van der Waals surface area (Å²) >= 11 is 1.10. The molecule has 0 bridgehead atoms. The van der Waals surface area contributed by atoms with Crippen LogP contribution in [0.25, 0.3) is 10.2 Å². The van der Waals surface area contributed by atoms with Crippen LogP contribution in [0, 0.1) is 0 Å². The van der Waals surface area contributed by atoms with E-state index in [-0.39, 0.29) is 17.7 Å². The summed E-state index contributed by atoms with van der Waals surface area (Å²) in [5, 5.41) is 2.71. The molecule has 0 unspecified atom stereocenters. The summed E-state index contributed by atoms with van der Waals surface area (Å²) < 4.78 is 38.7. The van der Waals surface area contributed by atoms with Crippen LogP contribution in [0.2, 0.25) is 0 Å². The average molecular weight is 464 g/mol. The fourth-order valence-electron chi connectivity index (χ4n) is 3.37. The van der Waals surface area contributed by atoms with Crippen LogP contribution in [0.3, 0.4) is 0 Å². The SMILES string of the molecule is CC(C)n1c(=O)sc2cc(NC(=O)CN(c3ccc4c(c3)OCO4)S(C)(=O)=O)ccc21. The number of sulfonamides is 1. The van der Waals surface area contributed by atoms with E-state index < -0.39 is 22.5 Å². The number of nitrogens with one attached hydrogen (secondary N) is 1. The first-order chi connectivity index (χ1) is 14.6. The molecule has 0 atom stereocenters. The van der Waals surface area contributed by atoms with Crippen molar-refractivity contribution in [2.24, 2.45) is 0 Å². The second-order valence-electron chi connectivity index (χ2n) is 7.37. The van der Waals surface area contributed by atoms with Gasteiger partial charge in [-0.25, -0.2) is 8.42 Å². The summed E-state index contributed by atoms with van der Waals surface area (Å²) in [7, 11) is -3.74. The number of hydrogen-bond acceptors (Lipinski definition) is 7. The van der Waals surface area contributed by atoms with Crippen molar-refractivity contribution in [2.75, 3.05) is 29.2 Å². The van der Waals surface area contributed by atoms with E-state index >= 15 is 0 Å². The molecule has 2 heterocycles. The molecular weight excluding hydrogens is 442 g/mol. The summed E-state index contributed by atoms with van der Waals surface area (Å²) in [6.45, 7) is 3.50. The van der Waals surface area contributed by atoms with E-state index in [1.807, 2.05) is 13.8 Å². The third-order valence-corrected chi connectivity index (χ3v) is 6.80. The molecule has 11 heteroatoms. The highest BCUT2D eigenvalue weighted by molar-refractivity contribution is 7.92. The number of rotatable bonds is 6. The molecule has 0 radical (unpaired) electrons. The second kappa shape index (κ2) is 7.89. The first-order valence-corrected chi connectivity index (χ1v) is 12.1. The van der Waals surface area contributed by atoms with Crippen LogP contribution in [0.15, 0.2) is 41.2 Å². The number of benzene rings is 2. The first-order valence-electron chi connectivity index (χ1n) is 9.46. The van der Waals surface area contributed by atoms with Crippen molar-refractivity contribution in [3.8, 4) is 11.5 Å². The van der Waals surface area contributed by atoms with Gasteiger partial charge in [-0.15, -0.1) is 0 Å². The standard InChI is InChI=1S/C20H21N3O6S2/c1-12(2)23-15-6-4-13(8-18(15)30-20(23)25)21-19(24)10-22(31(3,26)27)14-5-7-16-17(9-14)29-11-28-16/h4-9,12H,10-11H2,1-3H3,(H,21,24). The van der Waals surface area contributed by atoms with Crippen molar-refractivity contribution < 1.29 is 22.7 Å². The predicted molar refractivity (Wildman–Crippen MR) is 120 cm³/mol. The molecule has 9 nitrogen and oxygen atoms in total. The van der Waals surface area contributed by atoms with Gasteiger partial charge in [0, 0.05) is 17.8 Å². The number of ether oxygens (including phenoxy) is 2. The van der Waals surface area contributed by atoms with Crippen LogP contribution >= 0.6 is 11.3 Å². The van der Waals surface area contributed by atoms with Crippen LogP contribution in [-0.4, -0.2) is 38.5 Å². The topological polar surface area (TPSA) is 107 Å². The van der Waals surface area contributed by atoms with Gasteiger partial charge in [0.05, 0.1) is 22.2 Å². The number of nitrogens with zero attached hydrogens (tertiary/aromatic N) is 2. The Hall–Kier alpha value is -3.05. The summed E-state index contributed by atoms with van der Waals surface area (Å²) in [5.74, 6) is 0.418. The Bertz CT molecular complexity index is 1330. The number of carbonyl (C=O) groups excluding carboxylic acids is 1. The normalized spacial score (nSPS) is 13.0. The fourth-order valence-corrected chi connectivity index (χ4v) is 5.28. The summed E-state index contributed by atoms with van der Waals surface area (Å²) in [5.41, 5.74) is 1.57. The summed E-state index contributed by atoms with van der Waals surface area (Å²) in [4.78, 5) is 24.8. The maximum Gasteiger partial charge on any atom is 0.308 e. The molecule has 0 aliphatic carbocycles. The van der Waals surface area contributed by atoms with Crippen LogP contribution in [0.5, 0.6) is 11.5 Å². The van der Waals surface area contributed by atoms with E-state index in [1.54, 1.807) is 34.9 Å². The second-order valence-corrected chi connectivity index (χ2v) is 10.3. The van der Waals surface area contributed by atoms with Crippen LogP contribution in [0.4, 0.5) is 11.4 Å². The number of anilines is 2. The van der Waals surface area contributed by atoms with E-state index in [0.717, 1.165) is 32.1 Å². The molecule has 0 saturated heterocycles. The van der Waals surface area contributed by atoms with Gasteiger partial charge in [0.1, 0.15) is 6.54 Å². The van der Waals surface area contributed by atoms with Crippen molar-refractivity contribution in [3.63, 3.8) is 0 Å². The molecule has 1 amide bonds. The number of aromatic nitrogens is 1. The van der Waals surface area contributed by atoms with Gasteiger partial charge in [0.25, 0.3) is 0 Å². The molecule has 1 N–H and O–H groups in total. The van der Waals surface area contributed by atoms with Crippen LogP contribution < -0.4 is 24.0 Å². The van der Waals surface area contributed by atoms with Gasteiger partial charge in [-0.2, -0.15) is 0 Å². The third kappa shape index (κ3) is 4.23. The van der Waals surface area contributed by atoms with E-state index in [9.17, 15) is 18.0 Å². The summed E-state index contributed by atoms with van der Waals surface area (Å²) in [6, 6.07) is 9.87. The molecule has 0 saturated carbocycles. The Labute approximate surface area is 182 Å². The van der Waals surface area contributed by atoms with E-state index in [0.29, 0.717) is 22.9 Å². The van der Waals surface area contributed by atoms with Gasteiger partial charge >= 0.3 is 4.87 Å². The highest BCUT2D eigenvalue weighted by Crippen LogP contribution is 2.36. The number of hydrogen-bond donors (Lipinski definition) is 1. The third-order valence-electron chi connectivity index (χ3n) is 4.75. The highest BCUT2D eigenvalue weighted by atomic mass is 32.2. The van der Waals surface area contributed by atoms with Gasteiger partial charge in [0.15, 0.2) is 11.5 Å². The Morgan fingerprint density at radius 3 is 2.65 bits per heavy atom. The summed E-state index contributed by atoms with van der Waals surface area (Å²) in [6.07, 6.45) is 1.03. The lowest BCUT2D eigenvalue weighted by molar-refractivity contribution is -0.114. The minimum atomic E-state index is -3.74. The van der Waals surface area contributed by atoms with Gasteiger partial charge in [-0.3, -0.25) is 18.5 Å². The molecule has 164 valence electrons. The van der Waals surface area contributed by atoms with Crippen molar-refractivity contribution >= 4 is 48.9 Å². The molecule has 1 aliphatic rings. The highest BCUT2D eigenvalue weighted by Gasteiger charge is 2.24. The number of thiazole rings is 1. The minimum absolute atomic E-state index is 0.0201. The van der Waals surface area contributed by atoms with E-state index in [1.165, 1.54) is 6.07 Å². The zero-order valence-electron chi connectivity index (χ0n) is 17.1. The van der Waals surface area contributed by atoms with Crippen LogP contribution in [-0.2, 0) is 14.8 Å². The largest absolute Gasteiger partial charge is 0.454 e. The Morgan fingerprint density at radius 2 is 1.94 bits per heavy atom. The Morgan fingerprint density at radius 1 is 1.19 bits per heavy atom. The molecule has 1 aromatic heterocycles. The van der Waals surface area contributed by atoms with E-state index in [2.05, 4.69) is 5.32 Å². The molecule has 1 aliphatic heterocycles. The lowest BCUT2D eigenvalue weighted by Gasteiger charge is -2.22. The molecule has 3 aromatic rings.